The molecule has 2 saturated heterocycles. The Hall–Kier alpha value is -1.59. The maximum absolute atomic E-state index is 5.59. The molecule has 2 fully saturated rings. The van der Waals surface area contributed by atoms with Crippen LogP contribution in [0.5, 0.6) is 0 Å². The number of nitrogens with zero attached hydrogens (tertiary/aromatic N) is 3. The van der Waals surface area contributed by atoms with Gasteiger partial charge in [0, 0.05) is 45.4 Å². The average molecular weight is 371 g/mol. The van der Waals surface area contributed by atoms with E-state index in [9.17, 15) is 0 Å². The fourth-order valence-corrected chi connectivity index (χ4v) is 5.18. The summed E-state index contributed by atoms with van der Waals surface area (Å²) in [7, 11) is 6.34. The number of fused-ring (bicyclic) bond motifs is 1. The van der Waals surface area contributed by atoms with Crippen LogP contribution in [-0.2, 0) is 17.6 Å². The minimum Gasteiger partial charge on any atom is -0.381 e. The smallest absolute Gasteiger partial charge is 0.193 e. The van der Waals surface area contributed by atoms with Crippen LogP contribution in [0.25, 0.3) is 0 Å². The lowest BCUT2D eigenvalue weighted by Crippen LogP contribution is -2.55. The van der Waals surface area contributed by atoms with Crippen molar-refractivity contribution < 1.29 is 4.74 Å². The summed E-state index contributed by atoms with van der Waals surface area (Å²) in [6, 6.07) is 8.89. The van der Waals surface area contributed by atoms with Crippen LogP contribution in [0.1, 0.15) is 30.4 Å². The number of likely N-dealkylation sites (N-methyl/N-ethyl adjacent to an activating group) is 1. The van der Waals surface area contributed by atoms with E-state index < -0.39 is 0 Å². The molecule has 4 rings (SSSR count). The van der Waals surface area contributed by atoms with E-state index in [0.29, 0.717) is 5.41 Å². The van der Waals surface area contributed by atoms with Gasteiger partial charge in [-0.25, -0.2) is 0 Å². The lowest BCUT2D eigenvalue weighted by Gasteiger charge is -2.38. The van der Waals surface area contributed by atoms with E-state index in [1.54, 1.807) is 0 Å². The Labute approximate surface area is 163 Å². The third-order valence-electron chi connectivity index (χ3n) is 7.18. The van der Waals surface area contributed by atoms with Gasteiger partial charge in [0.25, 0.3) is 0 Å². The van der Waals surface area contributed by atoms with Gasteiger partial charge in [0.15, 0.2) is 5.96 Å². The van der Waals surface area contributed by atoms with E-state index >= 15 is 0 Å². The highest BCUT2D eigenvalue weighted by molar-refractivity contribution is 5.80. The molecule has 0 bridgehead atoms. The molecule has 148 valence electrons. The molecule has 0 radical (unpaired) electrons. The first-order chi connectivity index (χ1) is 13.1. The monoisotopic (exact) mass is 370 g/mol. The van der Waals surface area contributed by atoms with Gasteiger partial charge in [-0.1, -0.05) is 24.3 Å². The van der Waals surface area contributed by atoms with Crippen molar-refractivity contribution in [3.05, 3.63) is 35.4 Å². The van der Waals surface area contributed by atoms with Gasteiger partial charge in [-0.2, -0.15) is 0 Å². The third-order valence-corrected chi connectivity index (χ3v) is 7.18. The Bertz CT molecular complexity index is 668. The SMILES string of the molecule is CN=C(NCC1(N(C)C)Cc2ccccc2C1)N1CCC2(CCOCC2)C1. The molecule has 5 heteroatoms. The molecule has 5 nitrogen and oxygen atoms in total. The fourth-order valence-electron chi connectivity index (χ4n) is 5.18. The van der Waals surface area contributed by atoms with Crippen LogP contribution >= 0.6 is 0 Å². The van der Waals surface area contributed by atoms with E-state index in [4.69, 9.17) is 4.74 Å². The molecule has 2 heterocycles. The Balaban J connectivity index is 1.42. The van der Waals surface area contributed by atoms with Gasteiger partial charge in [-0.15, -0.1) is 0 Å². The van der Waals surface area contributed by atoms with Crippen molar-refractivity contribution in [2.24, 2.45) is 10.4 Å². The Morgan fingerprint density at radius 3 is 2.41 bits per heavy atom. The first kappa shape index (κ1) is 18.8. The topological polar surface area (TPSA) is 40.1 Å². The van der Waals surface area contributed by atoms with Crippen LogP contribution in [0.3, 0.4) is 0 Å². The highest BCUT2D eigenvalue weighted by Crippen LogP contribution is 2.39. The summed E-state index contributed by atoms with van der Waals surface area (Å²) in [5, 5.41) is 3.74. The Morgan fingerprint density at radius 2 is 1.81 bits per heavy atom. The molecule has 1 aromatic carbocycles. The lowest BCUT2D eigenvalue weighted by molar-refractivity contribution is 0.0217. The molecular formula is C22H34N4O. The van der Waals surface area contributed by atoms with Crippen molar-refractivity contribution in [1.82, 2.24) is 15.1 Å². The number of hydrogen-bond donors (Lipinski definition) is 1. The zero-order valence-corrected chi connectivity index (χ0v) is 17.1. The van der Waals surface area contributed by atoms with E-state index in [-0.39, 0.29) is 5.54 Å². The summed E-state index contributed by atoms with van der Waals surface area (Å²) in [4.78, 5) is 9.50. The van der Waals surface area contributed by atoms with E-state index in [1.165, 1.54) is 30.4 Å². The first-order valence-electron chi connectivity index (χ1n) is 10.3. The van der Waals surface area contributed by atoms with Crippen LogP contribution in [0.4, 0.5) is 0 Å². The zero-order valence-electron chi connectivity index (χ0n) is 17.1. The molecule has 0 atom stereocenters. The van der Waals surface area contributed by atoms with Gasteiger partial charge >= 0.3 is 0 Å². The molecule has 3 aliphatic rings. The fraction of sp³-hybridized carbons (Fsp3) is 0.682. The molecule has 1 aliphatic carbocycles. The van der Waals surface area contributed by atoms with Crippen molar-refractivity contribution in [2.75, 3.05) is 54.0 Å². The van der Waals surface area contributed by atoms with Gasteiger partial charge in [0.05, 0.1) is 0 Å². The van der Waals surface area contributed by atoms with Gasteiger partial charge in [0.2, 0.25) is 0 Å². The second-order valence-corrected chi connectivity index (χ2v) is 8.93. The summed E-state index contributed by atoms with van der Waals surface area (Å²) >= 11 is 0. The first-order valence-corrected chi connectivity index (χ1v) is 10.3. The van der Waals surface area contributed by atoms with E-state index in [0.717, 1.165) is 51.6 Å². The van der Waals surface area contributed by atoms with Gasteiger partial charge in [0.1, 0.15) is 0 Å². The van der Waals surface area contributed by atoms with Gasteiger partial charge in [-0.05, 0) is 62.7 Å². The lowest BCUT2D eigenvalue weighted by atomic mass is 9.80. The number of benzene rings is 1. The van der Waals surface area contributed by atoms with Crippen LogP contribution in [0.2, 0.25) is 0 Å². The molecule has 27 heavy (non-hydrogen) atoms. The number of nitrogens with one attached hydrogen (secondary N) is 1. The van der Waals surface area contributed by atoms with Crippen LogP contribution in [0.15, 0.2) is 29.3 Å². The van der Waals surface area contributed by atoms with E-state index in [2.05, 4.69) is 58.5 Å². The molecule has 0 saturated carbocycles. The van der Waals surface area contributed by atoms with Crippen molar-refractivity contribution >= 4 is 5.96 Å². The second-order valence-electron chi connectivity index (χ2n) is 8.93. The van der Waals surface area contributed by atoms with Crippen LogP contribution < -0.4 is 5.32 Å². The average Bonchev–Trinajstić information content (AvgIpc) is 3.25. The number of rotatable bonds is 3. The highest BCUT2D eigenvalue weighted by Gasteiger charge is 2.42. The van der Waals surface area contributed by atoms with Gasteiger partial charge < -0.3 is 19.9 Å². The Kier molecular flexibility index (Phi) is 5.17. The maximum Gasteiger partial charge on any atom is 0.193 e. The predicted molar refractivity (Wildman–Crippen MR) is 110 cm³/mol. The van der Waals surface area contributed by atoms with Crippen molar-refractivity contribution in [2.45, 2.75) is 37.6 Å². The standard InChI is InChI=1S/C22H34N4O/c1-23-20(26-11-8-21(17-26)9-12-27-13-10-21)24-16-22(25(2)3)14-18-6-4-5-7-19(18)15-22/h4-7H,8-17H2,1-3H3,(H,23,24). The van der Waals surface area contributed by atoms with E-state index in [1.807, 2.05) is 7.05 Å². The molecule has 1 N–H and O–H groups in total. The molecule has 0 amide bonds. The summed E-state index contributed by atoms with van der Waals surface area (Å²) in [6.07, 6.45) is 5.85. The quantitative estimate of drug-likeness (QED) is 0.654. The molecule has 0 unspecified atom stereocenters. The highest BCUT2D eigenvalue weighted by atomic mass is 16.5. The van der Waals surface area contributed by atoms with Crippen LogP contribution in [0, 0.1) is 5.41 Å². The van der Waals surface area contributed by atoms with Gasteiger partial charge in [-0.3, -0.25) is 4.99 Å². The Morgan fingerprint density at radius 1 is 1.15 bits per heavy atom. The van der Waals surface area contributed by atoms with Crippen molar-refractivity contribution in [1.29, 1.82) is 0 Å². The van der Waals surface area contributed by atoms with Crippen LogP contribution in [-0.4, -0.2) is 75.3 Å². The van der Waals surface area contributed by atoms with Crippen molar-refractivity contribution in [3.8, 4) is 0 Å². The summed E-state index contributed by atoms with van der Waals surface area (Å²) < 4.78 is 5.59. The summed E-state index contributed by atoms with van der Waals surface area (Å²) in [5.74, 6) is 1.07. The largest absolute Gasteiger partial charge is 0.381 e. The minimum absolute atomic E-state index is 0.121. The second kappa shape index (κ2) is 7.44. The summed E-state index contributed by atoms with van der Waals surface area (Å²) in [5.41, 5.74) is 3.55. The molecule has 1 spiro atoms. The molecular weight excluding hydrogens is 336 g/mol. The number of aliphatic imine (C=N–C) groups is 1. The number of guanidine groups is 1. The normalized spacial score (nSPS) is 23.9. The predicted octanol–water partition coefficient (Wildman–Crippen LogP) is 2.16. The molecule has 2 aliphatic heterocycles. The third kappa shape index (κ3) is 3.59. The minimum atomic E-state index is 0.121. The molecule has 1 aromatic rings. The zero-order chi connectivity index (χ0) is 18.9. The van der Waals surface area contributed by atoms with Crippen molar-refractivity contribution in [3.63, 3.8) is 0 Å². The number of ether oxygens (including phenoxy) is 1. The maximum atomic E-state index is 5.59. The number of likely N-dealkylation sites (tertiary alicyclic amines) is 1. The molecule has 0 aromatic heterocycles. The summed E-state index contributed by atoms with van der Waals surface area (Å²) in [6.45, 7) is 4.98. The number of hydrogen-bond acceptors (Lipinski definition) is 3.